The van der Waals surface area contributed by atoms with Crippen LogP contribution in [-0.2, 0) is 17.5 Å². The van der Waals surface area contributed by atoms with E-state index >= 15 is 0 Å². The molecule has 30 heavy (non-hydrogen) atoms. The highest BCUT2D eigenvalue weighted by atomic mass is 19.4. The van der Waals surface area contributed by atoms with Gasteiger partial charge in [-0.2, -0.15) is 13.2 Å². The van der Waals surface area contributed by atoms with Gasteiger partial charge in [0.15, 0.2) is 0 Å². The molecule has 0 spiro atoms. The number of ether oxygens (including phenoxy) is 1. The summed E-state index contributed by atoms with van der Waals surface area (Å²) in [6.07, 6.45) is -3.30. The van der Waals surface area contributed by atoms with Gasteiger partial charge < -0.3 is 14.6 Å². The standard InChI is InChI=1S/C21H17F3N2O4/c1-3-26-11-16(18(27)15-10-13(21(22,23)24)6-9-17(15)26)19(28)25-14-7-4-12(5-8-14)20(29)30-2/h4-11H,3H2,1-2H3,(H,25,28). The van der Waals surface area contributed by atoms with E-state index in [4.69, 9.17) is 0 Å². The van der Waals surface area contributed by atoms with Gasteiger partial charge >= 0.3 is 12.1 Å². The van der Waals surface area contributed by atoms with Gasteiger partial charge in [-0.15, -0.1) is 0 Å². The Hall–Kier alpha value is -3.62. The maximum absolute atomic E-state index is 13.1. The van der Waals surface area contributed by atoms with Crippen molar-refractivity contribution < 1.29 is 27.5 Å². The third kappa shape index (κ3) is 4.05. The Bertz CT molecular complexity index is 1180. The molecule has 2 aromatic carbocycles. The zero-order valence-corrected chi connectivity index (χ0v) is 16.0. The maximum Gasteiger partial charge on any atom is 0.416 e. The monoisotopic (exact) mass is 418 g/mol. The smallest absolute Gasteiger partial charge is 0.416 e. The van der Waals surface area contributed by atoms with Crippen LogP contribution in [0, 0.1) is 0 Å². The molecule has 6 nitrogen and oxygen atoms in total. The Morgan fingerprint density at radius 2 is 1.77 bits per heavy atom. The molecule has 0 atom stereocenters. The molecule has 0 bridgehead atoms. The van der Waals surface area contributed by atoms with Gasteiger partial charge in [0.05, 0.1) is 23.8 Å². The van der Waals surface area contributed by atoms with Gasteiger partial charge in [0, 0.05) is 23.8 Å². The number of nitrogens with one attached hydrogen (secondary N) is 1. The molecule has 156 valence electrons. The number of nitrogens with zero attached hydrogens (tertiary/aromatic N) is 1. The predicted molar refractivity (Wildman–Crippen MR) is 105 cm³/mol. The van der Waals surface area contributed by atoms with Crippen molar-refractivity contribution in [1.82, 2.24) is 4.57 Å². The predicted octanol–water partition coefficient (Wildman–Crippen LogP) is 4.08. The number of fused-ring (bicyclic) bond motifs is 1. The van der Waals surface area contributed by atoms with Crippen LogP contribution in [0.3, 0.4) is 0 Å². The SMILES string of the molecule is CCn1cc(C(=O)Nc2ccc(C(=O)OC)cc2)c(=O)c2cc(C(F)(F)F)ccc21. The molecule has 9 heteroatoms. The van der Waals surface area contributed by atoms with Crippen LogP contribution in [0.1, 0.15) is 33.2 Å². The van der Waals surface area contributed by atoms with Gasteiger partial charge in [0.1, 0.15) is 5.56 Å². The first-order chi connectivity index (χ1) is 14.2. The van der Waals surface area contributed by atoms with E-state index in [0.717, 1.165) is 12.1 Å². The van der Waals surface area contributed by atoms with E-state index < -0.39 is 29.0 Å². The molecule has 0 aliphatic carbocycles. The van der Waals surface area contributed by atoms with Crippen LogP contribution < -0.4 is 10.7 Å². The van der Waals surface area contributed by atoms with Crippen molar-refractivity contribution in [3.8, 4) is 0 Å². The second-order valence-electron chi connectivity index (χ2n) is 6.41. The van der Waals surface area contributed by atoms with Crippen LogP contribution in [-0.4, -0.2) is 23.6 Å². The number of amides is 1. The molecule has 1 heterocycles. The number of carbonyl (C=O) groups is 2. The number of carbonyl (C=O) groups excluding carboxylic acids is 2. The Morgan fingerprint density at radius 3 is 2.33 bits per heavy atom. The van der Waals surface area contributed by atoms with Crippen molar-refractivity contribution in [2.45, 2.75) is 19.6 Å². The summed E-state index contributed by atoms with van der Waals surface area (Å²) in [4.78, 5) is 36.9. The quantitative estimate of drug-likeness (QED) is 0.648. The van der Waals surface area contributed by atoms with Gasteiger partial charge in [0.25, 0.3) is 5.91 Å². The number of esters is 1. The average Bonchev–Trinajstić information content (AvgIpc) is 2.73. The number of alkyl halides is 3. The van der Waals surface area contributed by atoms with Crippen LogP contribution in [0.2, 0.25) is 0 Å². The topological polar surface area (TPSA) is 77.4 Å². The number of hydrogen-bond donors (Lipinski definition) is 1. The second kappa shape index (κ2) is 8.02. The molecule has 3 aromatic rings. The first kappa shape index (κ1) is 21.1. The summed E-state index contributed by atoms with van der Waals surface area (Å²) in [5, 5.41) is 2.32. The number of anilines is 1. The van der Waals surface area contributed by atoms with Crippen LogP contribution >= 0.6 is 0 Å². The largest absolute Gasteiger partial charge is 0.465 e. The second-order valence-corrected chi connectivity index (χ2v) is 6.41. The molecule has 1 aromatic heterocycles. The zero-order valence-electron chi connectivity index (χ0n) is 16.0. The van der Waals surface area contributed by atoms with E-state index in [1.807, 2.05) is 0 Å². The fraction of sp³-hybridized carbons (Fsp3) is 0.190. The van der Waals surface area contributed by atoms with Gasteiger partial charge in [-0.05, 0) is 49.4 Å². The Labute approximate surface area is 168 Å². The van der Waals surface area contributed by atoms with Gasteiger partial charge in [-0.1, -0.05) is 0 Å². The van der Waals surface area contributed by atoms with Crippen molar-refractivity contribution in [3.05, 3.63) is 75.6 Å². The summed E-state index contributed by atoms with van der Waals surface area (Å²) in [5.41, 5.74) is -1.18. The number of rotatable bonds is 4. The highest BCUT2D eigenvalue weighted by molar-refractivity contribution is 6.06. The number of hydrogen-bond acceptors (Lipinski definition) is 4. The molecule has 0 radical (unpaired) electrons. The normalized spacial score (nSPS) is 11.4. The van der Waals surface area contributed by atoms with E-state index in [1.165, 1.54) is 48.2 Å². The highest BCUT2D eigenvalue weighted by Gasteiger charge is 2.31. The lowest BCUT2D eigenvalue weighted by Crippen LogP contribution is -2.24. The van der Waals surface area contributed by atoms with E-state index in [1.54, 1.807) is 6.92 Å². The van der Waals surface area contributed by atoms with Gasteiger partial charge in [-0.3, -0.25) is 9.59 Å². The highest BCUT2D eigenvalue weighted by Crippen LogP contribution is 2.30. The summed E-state index contributed by atoms with van der Waals surface area (Å²) in [7, 11) is 1.24. The van der Waals surface area contributed by atoms with Crippen molar-refractivity contribution >= 4 is 28.5 Å². The van der Waals surface area contributed by atoms with Crippen LogP contribution in [0.25, 0.3) is 10.9 Å². The van der Waals surface area contributed by atoms with E-state index in [2.05, 4.69) is 10.1 Å². The summed E-state index contributed by atoms with van der Waals surface area (Å²) in [6, 6.07) is 8.64. The summed E-state index contributed by atoms with van der Waals surface area (Å²) in [6.45, 7) is 2.09. The first-order valence-corrected chi connectivity index (χ1v) is 8.89. The average molecular weight is 418 g/mol. The molecule has 3 rings (SSSR count). The number of aromatic nitrogens is 1. The minimum atomic E-state index is -4.61. The van der Waals surface area contributed by atoms with Crippen molar-refractivity contribution in [3.63, 3.8) is 0 Å². The molecule has 0 saturated carbocycles. The minimum absolute atomic E-state index is 0.194. The number of halogens is 3. The molecule has 0 aliphatic rings. The zero-order chi connectivity index (χ0) is 22.1. The lowest BCUT2D eigenvalue weighted by molar-refractivity contribution is -0.137. The maximum atomic E-state index is 13.1. The number of methoxy groups -OCH3 is 1. The Balaban J connectivity index is 2.02. The minimum Gasteiger partial charge on any atom is -0.465 e. The molecule has 1 amide bonds. The fourth-order valence-corrected chi connectivity index (χ4v) is 3.00. The van der Waals surface area contributed by atoms with Crippen LogP contribution in [0.15, 0.2) is 53.5 Å². The molecular formula is C21H17F3N2O4. The summed E-state index contributed by atoms with van der Waals surface area (Å²) in [5.74, 6) is -1.32. The lowest BCUT2D eigenvalue weighted by Gasteiger charge is -2.14. The molecule has 0 unspecified atom stereocenters. The van der Waals surface area contributed by atoms with Crippen LogP contribution in [0.5, 0.6) is 0 Å². The van der Waals surface area contributed by atoms with Crippen molar-refractivity contribution in [2.24, 2.45) is 0 Å². The Kier molecular flexibility index (Phi) is 5.64. The Morgan fingerprint density at radius 1 is 1.10 bits per heavy atom. The van der Waals surface area contributed by atoms with E-state index in [-0.39, 0.29) is 16.5 Å². The van der Waals surface area contributed by atoms with Crippen molar-refractivity contribution in [1.29, 1.82) is 0 Å². The van der Waals surface area contributed by atoms with Gasteiger partial charge in [0.2, 0.25) is 5.43 Å². The molecule has 0 fully saturated rings. The molecule has 1 N–H and O–H groups in total. The fourth-order valence-electron chi connectivity index (χ4n) is 3.00. The summed E-state index contributed by atoms with van der Waals surface area (Å²) < 4.78 is 45.3. The number of pyridine rings is 1. The first-order valence-electron chi connectivity index (χ1n) is 8.89. The third-order valence-corrected chi connectivity index (χ3v) is 4.56. The summed E-state index contributed by atoms with van der Waals surface area (Å²) >= 11 is 0. The van der Waals surface area contributed by atoms with E-state index in [9.17, 15) is 27.6 Å². The molecular weight excluding hydrogens is 401 g/mol. The van der Waals surface area contributed by atoms with Gasteiger partial charge in [-0.25, -0.2) is 4.79 Å². The molecule has 0 aliphatic heterocycles. The number of aryl methyl sites for hydroxylation is 1. The van der Waals surface area contributed by atoms with Crippen molar-refractivity contribution in [2.75, 3.05) is 12.4 Å². The third-order valence-electron chi connectivity index (χ3n) is 4.56. The number of benzene rings is 2. The van der Waals surface area contributed by atoms with Crippen LogP contribution in [0.4, 0.5) is 18.9 Å². The van der Waals surface area contributed by atoms with E-state index in [0.29, 0.717) is 17.7 Å². The lowest BCUT2D eigenvalue weighted by atomic mass is 10.1. The molecule has 0 saturated heterocycles.